The Morgan fingerprint density at radius 1 is 1.12 bits per heavy atom. The van der Waals surface area contributed by atoms with E-state index in [0.717, 1.165) is 34.8 Å². The highest BCUT2D eigenvalue weighted by atomic mass is 16.5. The van der Waals surface area contributed by atoms with Gasteiger partial charge in [0.15, 0.2) is 0 Å². The first-order chi connectivity index (χ1) is 12.6. The number of hydrogen-bond donors (Lipinski definition) is 2. The lowest BCUT2D eigenvalue weighted by Crippen LogP contribution is -2.13. The van der Waals surface area contributed by atoms with Crippen molar-refractivity contribution in [3.63, 3.8) is 0 Å². The zero-order chi connectivity index (χ0) is 18.1. The summed E-state index contributed by atoms with van der Waals surface area (Å²) in [5.41, 5.74) is 11.6. The number of fused-ring (bicyclic) bond motifs is 1. The van der Waals surface area contributed by atoms with Crippen LogP contribution in [0, 0.1) is 0 Å². The standard InChI is InChI=1S/C21H22N4O/c1-13-3-6-17(10-14(2)9-13)26-16-7-4-15(5-8-16)18-11-23-12-19-20(18)21(22)25-24-19/h3-5,7-10,12,18H,6,11H2,1-2H3,(H3,22,24,25). The van der Waals surface area contributed by atoms with Gasteiger partial charge in [-0.3, -0.25) is 10.1 Å². The minimum atomic E-state index is 0.121. The van der Waals surface area contributed by atoms with Gasteiger partial charge in [-0.1, -0.05) is 29.9 Å². The lowest BCUT2D eigenvalue weighted by atomic mass is 9.89. The Morgan fingerprint density at radius 3 is 2.73 bits per heavy atom. The molecule has 1 atom stereocenters. The Morgan fingerprint density at radius 2 is 1.92 bits per heavy atom. The number of aromatic amines is 1. The van der Waals surface area contributed by atoms with Gasteiger partial charge in [-0.15, -0.1) is 0 Å². The average Bonchev–Trinajstić information content (AvgIpc) is 2.93. The number of ether oxygens (including phenoxy) is 1. The number of nitrogen functional groups attached to an aromatic ring is 1. The molecule has 1 aliphatic carbocycles. The van der Waals surface area contributed by atoms with E-state index in [0.29, 0.717) is 12.4 Å². The van der Waals surface area contributed by atoms with Gasteiger partial charge < -0.3 is 10.5 Å². The van der Waals surface area contributed by atoms with Crippen molar-refractivity contribution in [2.45, 2.75) is 26.2 Å². The number of nitrogens with zero attached hydrogens (tertiary/aromatic N) is 2. The number of allylic oxidation sites excluding steroid dienone is 5. The summed E-state index contributed by atoms with van der Waals surface area (Å²) in [5.74, 6) is 2.45. The molecule has 0 saturated carbocycles. The van der Waals surface area contributed by atoms with Crippen molar-refractivity contribution in [3.8, 4) is 5.75 Å². The van der Waals surface area contributed by atoms with Crippen LogP contribution >= 0.6 is 0 Å². The summed E-state index contributed by atoms with van der Waals surface area (Å²) >= 11 is 0. The number of H-pyrrole nitrogens is 1. The SMILES string of the molecule is CC1=CCC(Oc2ccc(C3CN=Cc4[nH]nc(N)c43)cc2)=CC(C)=C1. The smallest absolute Gasteiger partial charge is 0.149 e. The van der Waals surface area contributed by atoms with Crippen LogP contribution in [0.2, 0.25) is 0 Å². The van der Waals surface area contributed by atoms with Gasteiger partial charge in [-0.25, -0.2) is 0 Å². The maximum atomic E-state index is 6.08. The monoisotopic (exact) mass is 346 g/mol. The zero-order valence-electron chi connectivity index (χ0n) is 15.0. The molecular formula is C21H22N4O. The fourth-order valence-electron chi connectivity index (χ4n) is 3.48. The number of benzene rings is 1. The Hall–Kier alpha value is -3.08. The van der Waals surface area contributed by atoms with Crippen LogP contribution in [0.5, 0.6) is 5.75 Å². The van der Waals surface area contributed by atoms with E-state index in [1.807, 2.05) is 12.1 Å². The third-order valence-corrected chi connectivity index (χ3v) is 4.72. The largest absolute Gasteiger partial charge is 0.461 e. The molecule has 5 heteroatoms. The quantitative estimate of drug-likeness (QED) is 0.878. The molecule has 2 aromatic rings. The van der Waals surface area contributed by atoms with Crippen molar-refractivity contribution in [1.29, 1.82) is 0 Å². The third-order valence-electron chi connectivity index (χ3n) is 4.72. The maximum Gasteiger partial charge on any atom is 0.149 e. The highest BCUT2D eigenvalue weighted by Crippen LogP contribution is 2.33. The van der Waals surface area contributed by atoms with Gasteiger partial charge in [0, 0.05) is 24.1 Å². The third kappa shape index (κ3) is 3.20. The number of anilines is 1. The van der Waals surface area contributed by atoms with Gasteiger partial charge in [0.05, 0.1) is 12.2 Å². The van der Waals surface area contributed by atoms with E-state index in [4.69, 9.17) is 10.5 Å². The minimum absolute atomic E-state index is 0.121. The molecule has 26 heavy (non-hydrogen) atoms. The molecule has 0 fully saturated rings. The lowest BCUT2D eigenvalue weighted by molar-refractivity contribution is 0.415. The molecule has 1 unspecified atom stereocenters. The summed E-state index contributed by atoms with van der Waals surface area (Å²) < 4.78 is 6.08. The molecule has 132 valence electrons. The van der Waals surface area contributed by atoms with Gasteiger partial charge in [0.2, 0.25) is 0 Å². The number of rotatable bonds is 3. The lowest BCUT2D eigenvalue weighted by Gasteiger charge is -2.19. The van der Waals surface area contributed by atoms with Crippen LogP contribution in [0.15, 0.2) is 64.4 Å². The molecule has 1 aromatic carbocycles. The minimum Gasteiger partial charge on any atom is -0.461 e. The predicted molar refractivity (Wildman–Crippen MR) is 105 cm³/mol. The van der Waals surface area contributed by atoms with E-state index < -0.39 is 0 Å². The summed E-state index contributed by atoms with van der Waals surface area (Å²) in [6.45, 7) is 4.87. The van der Waals surface area contributed by atoms with Crippen LogP contribution in [-0.4, -0.2) is 23.0 Å². The molecule has 4 rings (SSSR count). The average molecular weight is 346 g/mol. The topological polar surface area (TPSA) is 76.3 Å². The first-order valence-corrected chi connectivity index (χ1v) is 8.77. The van der Waals surface area contributed by atoms with Gasteiger partial charge in [-0.05, 0) is 43.2 Å². The summed E-state index contributed by atoms with van der Waals surface area (Å²) in [4.78, 5) is 4.43. The van der Waals surface area contributed by atoms with Crippen LogP contribution in [0.3, 0.4) is 0 Å². The number of nitrogens with two attached hydrogens (primary N) is 1. The highest BCUT2D eigenvalue weighted by Gasteiger charge is 2.24. The van der Waals surface area contributed by atoms with Crippen LogP contribution in [0.4, 0.5) is 5.82 Å². The number of nitrogens with one attached hydrogen (secondary N) is 1. The van der Waals surface area contributed by atoms with E-state index in [1.54, 1.807) is 6.21 Å². The molecular weight excluding hydrogens is 324 g/mol. The number of hydrogen-bond acceptors (Lipinski definition) is 4. The Labute approximate surface area is 153 Å². The van der Waals surface area contributed by atoms with Gasteiger partial charge in [0.25, 0.3) is 0 Å². The fraction of sp³-hybridized carbons (Fsp3) is 0.238. The zero-order valence-corrected chi connectivity index (χ0v) is 15.0. The van der Waals surface area contributed by atoms with Crippen molar-refractivity contribution in [3.05, 3.63) is 76.2 Å². The van der Waals surface area contributed by atoms with E-state index >= 15 is 0 Å². The van der Waals surface area contributed by atoms with Crippen LogP contribution in [-0.2, 0) is 0 Å². The van der Waals surface area contributed by atoms with Crippen LogP contribution < -0.4 is 10.5 Å². The molecule has 1 aromatic heterocycles. The van der Waals surface area contributed by atoms with Crippen LogP contribution in [0.1, 0.15) is 43.0 Å². The molecule has 0 radical (unpaired) electrons. The number of aromatic nitrogens is 2. The van der Waals surface area contributed by atoms with E-state index in [1.165, 1.54) is 11.1 Å². The normalized spacial score (nSPS) is 19.2. The van der Waals surface area contributed by atoms with E-state index in [-0.39, 0.29) is 5.92 Å². The first kappa shape index (κ1) is 16.4. The van der Waals surface area contributed by atoms with Gasteiger partial charge in [0.1, 0.15) is 17.3 Å². The fourth-order valence-corrected chi connectivity index (χ4v) is 3.48. The van der Waals surface area contributed by atoms with Crippen molar-refractivity contribution >= 4 is 12.0 Å². The predicted octanol–water partition coefficient (Wildman–Crippen LogP) is 4.12. The summed E-state index contributed by atoms with van der Waals surface area (Å²) in [6.07, 6.45) is 9.04. The molecule has 1 aliphatic heterocycles. The summed E-state index contributed by atoms with van der Waals surface area (Å²) in [6, 6.07) is 8.17. The summed E-state index contributed by atoms with van der Waals surface area (Å²) in [5, 5.41) is 7.05. The molecule has 0 bridgehead atoms. The second-order valence-electron chi connectivity index (χ2n) is 6.81. The van der Waals surface area contributed by atoms with E-state index in [2.05, 4.69) is 59.4 Å². The van der Waals surface area contributed by atoms with Crippen molar-refractivity contribution in [1.82, 2.24) is 10.2 Å². The molecule has 0 spiro atoms. The Balaban J connectivity index is 1.54. The molecule has 0 saturated heterocycles. The Kier molecular flexibility index (Phi) is 4.21. The van der Waals surface area contributed by atoms with Gasteiger partial charge >= 0.3 is 0 Å². The molecule has 5 nitrogen and oxygen atoms in total. The first-order valence-electron chi connectivity index (χ1n) is 8.77. The maximum absolute atomic E-state index is 6.08. The van der Waals surface area contributed by atoms with Crippen molar-refractivity contribution in [2.75, 3.05) is 12.3 Å². The van der Waals surface area contributed by atoms with Crippen molar-refractivity contribution in [2.24, 2.45) is 4.99 Å². The highest BCUT2D eigenvalue weighted by molar-refractivity contribution is 5.83. The van der Waals surface area contributed by atoms with E-state index in [9.17, 15) is 0 Å². The second-order valence-corrected chi connectivity index (χ2v) is 6.81. The molecule has 2 heterocycles. The van der Waals surface area contributed by atoms with Crippen molar-refractivity contribution < 1.29 is 4.74 Å². The summed E-state index contributed by atoms with van der Waals surface area (Å²) in [7, 11) is 0. The van der Waals surface area contributed by atoms with Gasteiger partial charge in [-0.2, -0.15) is 5.10 Å². The number of aliphatic imine (C=N–C) groups is 1. The molecule has 0 amide bonds. The second kappa shape index (κ2) is 6.67. The molecule has 2 aliphatic rings. The molecule has 3 N–H and O–H groups in total. The van der Waals surface area contributed by atoms with Crippen LogP contribution in [0.25, 0.3) is 0 Å². The Bertz CT molecular complexity index is 945.